The maximum absolute atomic E-state index is 14.9. The highest BCUT2D eigenvalue weighted by molar-refractivity contribution is 7.89. The van der Waals surface area contributed by atoms with Crippen molar-refractivity contribution in [3.05, 3.63) is 89.5 Å². The van der Waals surface area contributed by atoms with Gasteiger partial charge in [0.2, 0.25) is 10.0 Å². The molecule has 1 amide bonds. The predicted molar refractivity (Wildman–Crippen MR) is 148 cm³/mol. The van der Waals surface area contributed by atoms with Gasteiger partial charge in [0, 0.05) is 35.5 Å². The molecule has 12 heteroatoms. The van der Waals surface area contributed by atoms with E-state index in [4.69, 9.17) is 5.84 Å². The van der Waals surface area contributed by atoms with Crippen LogP contribution < -0.4 is 11.3 Å². The third kappa shape index (κ3) is 5.64. The van der Waals surface area contributed by atoms with E-state index in [1.165, 1.54) is 18.3 Å². The van der Waals surface area contributed by atoms with Crippen LogP contribution in [0.15, 0.2) is 71.9 Å². The van der Waals surface area contributed by atoms with Gasteiger partial charge in [-0.05, 0) is 61.7 Å². The number of carboxylic acid groups (broad SMARTS) is 1. The van der Waals surface area contributed by atoms with Crippen LogP contribution in [0.4, 0.5) is 4.39 Å². The maximum Gasteiger partial charge on any atom is 0.322 e. The summed E-state index contributed by atoms with van der Waals surface area (Å²) in [4.78, 5) is 32.2. The van der Waals surface area contributed by atoms with Gasteiger partial charge in [-0.1, -0.05) is 24.0 Å². The number of hydrogen-bond donors (Lipinski definition) is 3. The second-order valence-electron chi connectivity index (χ2n) is 9.36. The lowest BCUT2D eigenvalue weighted by atomic mass is 10.0. The lowest BCUT2D eigenvalue weighted by molar-refractivity contribution is -0.142. The number of pyridine rings is 2. The molecule has 5 rings (SSSR count). The number of carboxylic acids is 1. The molecule has 2 aromatic carbocycles. The Morgan fingerprint density at radius 1 is 1.07 bits per heavy atom. The first-order valence-electron chi connectivity index (χ1n) is 12.6. The quantitative estimate of drug-likeness (QED) is 0.142. The zero-order chi connectivity index (χ0) is 29.1. The zero-order valence-electron chi connectivity index (χ0n) is 21.5. The number of amides is 1. The third-order valence-electron chi connectivity index (χ3n) is 6.79. The molecule has 10 nitrogen and oxygen atoms in total. The maximum atomic E-state index is 14.9. The van der Waals surface area contributed by atoms with Gasteiger partial charge in [-0.15, -0.1) is 0 Å². The molecule has 3 heterocycles. The van der Waals surface area contributed by atoms with Crippen LogP contribution in [0.1, 0.15) is 40.7 Å². The lowest BCUT2D eigenvalue weighted by Crippen LogP contribution is -2.47. The fourth-order valence-electron chi connectivity index (χ4n) is 4.68. The van der Waals surface area contributed by atoms with Crippen molar-refractivity contribution < 1.29 is 27.5 Å². The fraction of sp³-hybridized carbons (Fsp3) is 0.172. The number of nitrogens with zero attached hydrogens (tertiary/aromatic N) is 3. The topological polar surface area (TPSA) is 156 Å². The summed E-state index contributed by atoms with van der Waals surface area (Å²) in [5, 5.41) is 10.00. The summed E-state index contributed by atoms with van der Waals surface area (Å²) >= 11 is 0. The Hall–Kier alpha value is -4.70. The molecule has 4 aromatic rings. The lowest BCUT2D eigenvalue weighted by Gasteiger charge is -2.31. The van der Waals surface area contributed by atoms with E-state index in [0.717, 1.165) is 10.4 Å². The molecule has 0 bridgehead atoms. The second-order valence-corrected chi connectivity index (χ2v) is 11.2. The van der Waals surface area contributed by atoms with Gasteiger partial charge in [-0.3, -0.25) is 20.0 Å². The molecule has 208 valence electrons. The fourth-order valence-corrected chi connectivity index (χ4v) is 6.34. The Labute approximate surface area is 235 Å². The number of benzene rings is 2. The Bertz CT molecular complexity index is 1830. The molecule has 0 radical (unpaired) electrons. The number of sulfonamides is 1. The number of carbonyl (C=O) groups excluding carboxylic acids is 1. The number of halogens is 1. The monoisotopic (exact) mass is 573 g/mol. The van der Waals surface area contributed by atoms with E-state index in [2.05, 4.69) is 27.2 Å². The van der Waals surface area contributed by atoms with Crippen molar-refractivity contribution in [2.75, 3.05) is 6.54 Å². The van der Waals surface area contributed by atoms with Crippen LogP contribution in [0, 0.1) is 17.7 Å². The summed E-state index contributed by atoms with van der Waals surface area (Å²) in [6, 6.07) is 12.4. The number of piperidine rings is 1. The summed E-state index contributed by atoms with van der Waals surface area (Å²) in [5.74, 6) is 8.37. The number of fused-ring (bicyclic) bond motifs is 1. The van der Waals surface area contributed by atoms with Crippen LogP contribution in [0.5, 0.6) is 0 Å². The minimum Gasteiger partial charge on any atom is -0.480 e. The first-order chi connectivity index (χ1) is 19.7. The van der Waals surface area contributed by atoms with Crippen molar-refractivity contribution >= 4 is 32.8 Å². The number of aromatic nitrogens is 2. The van der Waals surface area contributed by atoms with Crippen molar-refractivity contribution in [1.82, 2.24) is 19.7 Å². The van der Waals surface area contributed by atoms with E-state index in [-0.39, 0.29) is 23.4 Å². The molecule has 1 atom stereocenters. The molecule has 0 spiro atoms. The van der Waals surface area contributed by atoms with Crippen LogP contribution in [0.3, 0.4) is 0 Å². The standard InChI is InChI=1S/C29H24FN5O5S/c30-24-15-21(41(39,40)35-14-2-1-3-27(35)29(37)38)11-10-19(24)7-4-18-5-8-20(9-6-18)26-16-22(28(36)34-31)23-17-32-13-12-25(23)33-26/h5-6,8-13,15-17,27H,1-3,14,31H2,(H,34,36)(H,37,38)/t27-/m0/s1. The molecule has 41 heavy (non-hydrogen) atoms. The van der Waals surface area contributed by atoms with E-state index in [1.54, 1.807) is 42.6 Å². The Balaban J connectivity index is 1.39. The number of nitrogen functional groups attached to an aromatic ring is 1. The van der Waals surface area contributed by atoms with E-state index in [9.17, 15) is 27.5 Å². The molecule has 1 aliphatic rings. The van der Waals surface area contributed by atoms with Crippen molar-refractivity contribution in [2.45, 2.75) is 30.2 Å². The van der Waals surface area contributed by atoms with Gasteiger partial charge in [0.05, 0.1) is 27.2 Å². The number of nitrogens with one attached hydrogen (secondary N) is 1. The summed E-state index contributed by atoms with van der Waals surface area (Å²) < 4.78 is 41.9. The van der Waals surface area contributed by atoms with Crippen molar-refractivity contribution in [3.63, 3.8) is 0 Å². The summed E-state index contributed by atoms with van der Waals surface area (Å²) in [6.07, 6.45) is 4.46. The van der Waals surface area contributed by atoms with Crippen molar-refractivity contribution in [3.8, 4) is 23.1 Å². The van der Waals surface area contributed by atoms with Gasteiger partial charge in [-0.2, -0.15) is 4.31 Å². The zero-order valence-corrected chi connectivity index (χ0v) is 22.4. The van der Waals surface area contributed by atoms with E-state index < -0.39 is 33.8 Å². The normalized spacial score (nSPS) is 15.6. The molecule has 1 saturated heterocycles. The molecule has 0 unspecified atom stereocenters. The Morgan fingerprint density at radius 3 is 2.56 bits per heavy atom. The molecular formula is C29H24FN5O5S. The smallest absolute Gasteiger partial charge is 0.322 e. The number of rotatable bonds is 5. The van der Waals surface area contributed by atoms with Crippen molar-refractivity contribution in [2.24, 2.45) is 5.84 Å². The number of hydrazine groups is 1. The van der Waals surface area contributed by atoms with Gasteiger partial charge >= 0.3 is 5.97 Å². The third-order valence-corrected chi connectivity index (χ3v) is 8.70. The highest BCUT2D eigenvalue weighted by Crippen LogP contribution is 2.27. The molecule has 0 aliphatic carbocycles. The van der Waals surface area contributed by atoms with Crippen LogP contribution in [0.25, 0.3) is 22.2 Å². The van der Waals surface area contributed by atoms with Crippen LogP contribution in [0.2, 0.25) is 0 Å². The average molecular weight is 574 g/mol. The molecule has 1 aliphatic heterocycles. The molecule has 1 fully saturated rings. The van der Waals surface area contributed by atoms with Gasteiger partial charge in [0.1, 0.15) is 11.9 Å². The van der Waals surface area contributed by atoms with E-state index >= 15 is 0 Å². The number of hydrogen-bond acceptors (Lipinski definition) is 7. The Morgan fingerprint density at radius 2 is 1.85 bits per heavy atom. The predicted octanol–water partition coefficient (Wildman–Crippen LogP) is 3.07. The SMILES string of the molecule is NNC(=O)c1cc(-c2ccc(C#Cc3ccc(S(=O)(=O)N4CCCC[C@H]4C(=O)O)cc3F)cc2)nc2ccncc12. The number of nitrogens with two attached hydrogens (primary N) is 1. The van der Waals surface area contributed by atoms with Gasteiger partial charge in [0.25, 0.3) is 5.91 Å². The first-order valence-corrected chi connectivity index (χ1v) is 14.1. The molecule has 4 N–H and O–H groups in total. The van der Waals surface area contributed by atoms with Gasteiger partial charge in [-0.25, -0.2) is 23.6 Å². The second kappa shape index (κ2) is 11.4. The summed E-state index contributed by atoms with van der Waals surface area (Å²) in [7, 11) is -4.19. The highest BCUT2D eigenvalue weighted by atomic mass is 32.2. The molecule has 2 aromatic heterocycles. The van der Waals surface area contributed by atoms with Crippen LogP contribution in [-0.4, -0.2) is 52.3 Å². The van der Waals surface area contributed by atoms with E-state index in [1.807, 2.05) is 0 Å². The minimum atomic E-state index is -4.19. The minimum absolute atomic E-state index is 0.0105. The van der Waals surface area contributed by atoms with Gasteiger partial charge < -0.3 is 5.11 Å². The van der Waals surface area contributed by atoms with Gasteiger partial charge in [0.15, 0.2) is 0 Å². The first kappa shape index (κ1) is 27.9. The summed E-state index contributed by atoms with van der Waals surface area (Å²) in [6.45, 7) is 0.0614. The number of aliphatic carboxylic acids is 1. The molecular weight excluding hydrogens is 549 g/mol. The van der Waals surface area contributed by atoms with Crippen LogP contribution >= 0.6 is 0 Å². The Kier molecular flexibility index (Phi) is 7.76. The van der Waals surface area contributed by atoms with E-state index in [0.29, 0.717) is 46.1 Å². The van der Waals surface area contributed by atoms with Crippen molar-refractivity contribution in [1.29, 1.82) is 0 Å². The highest BCUT2D eigenvalue weighted by Gasteiger charge is 2.37. The molecule has 0 saturated carbocycles. The summed E-state index contributed by atoms with van der Waals surface area (Å²) in [5.41, 5.74) is 4.81. The number of carbonyl (C=O) groups is 2. The average Bonchev–Trinajstić information content (AvgIpc) is 2.99. The largest absolute Gasteiger partial charge is 0.480 e. The van der Waals surface area contributed by atoms with Crippen LogP contribution in [-0.2, 0) is 14.8 Å².